The predicted molar refractivity (Wildman–Crippen MR) is 95.6 cm³/mol. The summed E-state index contributed by atoms with van der Waals surface area (Å²) in [6.45, 7) is 1.97. The smallest absolute Gasteiger partial charge is 0.313 e. The van der Waals surface area contributed by atoms with Gasteiger partial charge in [0.05, 0.1) is 11.5 Å². The van der Waals surface area contributed by atoms with E-state index in [9.17, 15) is 9.59 Å². The Hall–Kier alpha value is -2.24. The van der Waals surface area contributed by atoms with Gasteiger partial charge in [-0.2, -0.15) is 0 Å². The minimum atomic E-state index is -0.519. The van der Waals surface area contributed by atoms with Crippen molar-refractivity contribution in [1.29, 1.82) is 0 Å². The number of esters is 1. The molecule has 0 amide bonds. The van der Waals surface area contributed by atoms with Crippen LogP contribution in [-0.4, -0.2) is 23.3 Å². The summed E-state index contributed by atoms with van der Waals surface area (Å²) < 4.78 is 4.88. The minimum absolute atomic E-state index is 0.254. The van der Waals surface area contributed by atoms with Crippen molar-refractivity contribution in [2.24, 2.45) is 0 Å². The lowest BCUT2D eigenvalue weighted by molar-refractivity contribution is -0.141. The monoisotopic (exact) mass is 359 g/mol. The number of thiophene rings is 1. The van der Waals surface area contributed by atoms with Crippen molar-refractivity contribution in [3.8, 4) is 11.1 Å². The molecule has 0 radical (unpaired) electrons. The number of ketones is 1. The Kier molecular flexibility index (Phi) is 4.92. The molecule has 0 saturated heterocycles. The van der Waals surface area contributed by atoms with E-state index in [4.69, 9.17) is 16.3 Å². The van der Waals surface area contributed by atoms with E-state index in [1.165, 1.54) is 11.3 Å². The first-order valence-corrected chi connectivity index (χ1v) is 8.62. The first kappa shape index (κ1) is 16.6. The van der Waals surface area contributed by atoms with E-state index in [2.05, 4.69) is 4.98 Å². The highest BCUT2D eigenvalue weighted by Crippen LogP contribution is 2.38. The van der Waals surface area contributed by atoms with E-state index >= 15 is 0 Å². The molecular formula is C18H14ClNO3S. The molecule has 0 fully saturated rings. The first-order chi connectivity index (χ1) is 11.6. The number of halogens is 1. The third-order valence-corrected chi connectivity index (χ3v) is 4.87. The molecule has 3 aromatic rings. The molecule has 6 heteroatoms. The van der Waals surface area contributed by atoms with Crippen molar-refractivity contribution in [2.75, 3.05) is 6.61 Å². The van der Waals surface area contributed by atoms with Crippen LogP contribution in [-0.2, 0) is 9.53 Å². The first-order valence-electron chi connectivity index (χ1n) is 7.42. The number of hydrogen-bond acceptors (Lipinski definition) is 5. The largest absolute Gasteiger partial charge is 0.466 e. The molecule has 0 atom stereocenters. The third-order valence-electron chi connectivity index (χ3n) is 3.46. The Morgan fingerprint density at radius 2 is 1.96 bits per heavy atom. The summed E-state index contributed by atoms with van der Waals surface area (Å²) in [5.74, 6) is -0.781. The molecule has 3 rings (SSSR count). The van der Waals surface area contributed by atoms with Crippen molar-refractivity contribution in [3.05, 3.63) is 52.5 Å². The zero-order valence-electron chi connectivity index (χ0n) is 12.9. The molecule has 4 nitrogen and oxygen atoms in total. The Bertz CT molecular complexity index is 902. The molecule has 0 aliphatic carbocycles. The summed E-state index contributed by atoms with van der Waals surface area (Å²) in [7, 11) is 0. The number of benzene rings is 1. The van der Waals surface area contributed by atoms with Gasteiger partial charge in [0, 0.05) is 22.2 Å². The van der Waals surface area contributed by atoms with E-state index < -0.39 is 5.97 Å². The molecule has 0 bridgehead atoms. The molecule has 1 aromatic carbocycles. The van der Waals surface area contributed by atoms with Crippen LogP contribution in [0.1, 0.15) is 23.0 Å². The fraction of sp³-hybridized carbons (Fsp3) is 0.167. The van der Waals surface area contributed by atoms with Gasteiger partial charge in [-0.15, -0.1) is 11.3 Å². The van der Waals surface area contributed by atoms with Crippen LogP contribution in [0.4, 0.5) is 0 Å². The topological polar surface area (TPSA) is 56.3 Å². The average Bonchev–Trinajstić information content (AvgIpc) is 2.95. The highest BCUT2D eigenvalue weighted by atomic mass is 35.5. The van der Waals surface area contributed by atoms with Gasteiger partial charge < -0.3 is 4.74 Å². The lowest BCUT2D eigenvalue weighted by atomic mass is 10.0. The van der Waals surface area contributed by atoms with Gasteiger partial charge in [0.15, 0.2) is 5.78 Å². The van der Waals surface area contributed by atoms with Crippen LogP contribution >= 0.6 is 22.9 Å². The predicted octanol–water partition coefficient (Wildman–Crippen LogP) is 4.75. The fourth-order valence-electron chi connectivity index (χ4n) is 2.46. The van der Waals surface area contributed by atoms with Crippen molar-refractivity contribution >= 4 is 44.9 Å². The summed E-state index contributed by atoms with van der Waals surface area (Å²) in [6, 6.07) is 11.0. The van der Waals surface area contributed by atoms with E-state index in [0.29, 0.717) is 9.90 Å². The summed E-state index contributed by atoms with van der Waals surface area (Å²) in [4.78, 5) is 29.9. The number of rotatable bonds is 5. The van der Waals surface area contributed by atoms with Crippen molar-refractivity contribution in [1.82, 2.24) is 4.98 Å². The van der Waals surface area contributed by atoms with E-state index in [-0.39, 0.29) is 18.8 Å². The minimum Gasteiger partial charge on any atom is -0.466 e. The van der Waals surface area contributed by atoms with Crippen LogP contribution < -0.4 is 0 Å². The molecule has 2 aromatic heterocycles. The quantitative estimate of drug-likeness (QED) is 0.374. The second-order valence-electron chi connectivity index (χ2n) is 5.07. The van der Waals surface area contributed by atoms with E-state index in [0.717, 1.165) is 21.3 Å². The van der Waals surface area contributed by atoms with Crippen LogP contribution in [0.25, 0.3) is 21.3 Å². The highest BCUT2D eigenvalue weighted by molar-refractivity contribution is 7.21. The number of ether oxygens (including phenoxy) is 1. The lowest BCUT2D eigenvalue weighted by Gasteiger charge is -2.05. The molecule has 0 aliphatic heterocycles. The maximum atomic E-state index is 12.6. The number of carbonyl (C=O) groups is 2. The molecule has 2 heterocycles. The van der Waals surface area contributed by atoms with Gasteiger partial charge in [-0.05, 0) is 36.8 Å². The molecule has 0 N–H and O–H groups in total. The van der Waals surface area contributed by atoms with Gasteiger partial charge in [-0.1, -0.05) is 23.7 Å². The van der Waals surface area contributed by atoms with Crippen LogP contribution in [0.2, 0.25) is 5.02 Å². The Morgan fingerprint density at radius 3 is 2.67 bits per heavy atom. The lowest BCUT2D eigenvalue weighted by Crippen LogP contribution is -2.11. The van der Waals surface area contributed by atoms with Crippen LogP contribution in [0.5, 0.6) is 0 Å². The second kappa shape index (κ2) is 7.11. The number of nitrogens with zero attached hydrogens (tertiary/aromatic N) is 1. The van der Waals surface area contributed by atoms with Crippen LogP contribution in [0.15, 0.2) is 42.6 Å². The van der Waals surface area contributed by atoms with Gasteiger partial charge in [0.25, 0.3) is 0 Å². The summed E-state index contributed by atoms with van der Waals surface area (Å²) >= 11 is 7.25. The van der Waals surface area contributed by atoms with Gasteiger partial charge in [0.1, 0.15) is 11.3 Å². The van der Waals surface area contributed by atoms with E-state index in [1.807, 2.05) is 24.3 Å². The molecule has 0 spiro atoms. The number of aromatic nitrogens is 1. The Balaban J connectivity index is 2.10. The number of pyridine rings is 1. The van der Waals surface area contributed by atoms with Gasteiger partial charge in [-0.25, -0.2) is 4.98 Å². The normalized spacial score (nSPS) is 10.8. The molecule has 0 aliphatic rings. The van der Waals surface area contributed by atoms with Crippen molar-refractivity contribution in [2.45, 2.75) is 13.3 Å². The maximum Gasteiger partial charge on any atom is 0.313 e. The SMILES string of the molecule is CCOC(=O)CC(=O)c1sc2ncccc2c1-c1ccc(Cl)cc1. The highest BCUT2D eigenvalue weighted by Gasteiger charge is 2.22. The number of fused-ring (bicyclic) bond motifs is 1. The second-order valence-corrected chi connectivity index (χ2v) is 6.51. The Morgan fingerprint density at radius 1 is 1.21 bits per heavy atom. The number of Topliss-reactive ketones (excluding diaryl/α,β-unsaturated/α-hetero) is 1. The van der Waals surface area contributed by atoms with E-state index in [1.54, 1.807) is 25.3 Å². The van der Waals surface area contributed by atoms with Gasteiger partial charge >= 0.3 is 5.97 Å². The number of hydrogen-bond donors (Lipinski definition) is 0. The Labute approximate surface area is 148 Å². The summed E-state index contributed by atoms with van der Waals surface area (Å²) in [6.07, 6.45) is 1.41. The maximum absolute atomic E-state index is 12.6. The summed E-state index contributed by atoms with van der Waals surface area (Å²) in [5, 5.41) is 1.51. The molecule has 0 unspecified atom stereocenters. The molecular weight excluding hydrogens is 346 g/mol. The van der Waals surface area contributed by atoms with Gasteiger partial charge in [0.2, 0.25) is 0 Å². The molecule has 122 valence electrons. The fourth-order valence-corrected chi connectivity index (χ4v) is 3.68. The molecule has 24 heavy (non-hydrogen) atoms. The van der Waals surface area contributed by atoms with Gasteiger partial charge in [-0.3, -0.25) is 9.59 Å². The summed E-state index contributed by atoms with van der Waals surface area (Å²) in [5.41, 5.74) is 1.65. The standard InChI is InChI=1S/C18H14ClNO3S/c1-2-23-15(22)10-14(21)17-16(11-5-7-12(19)8-6-11)13-4-3-9-20-18(13)24-17/h3-9H,2,10H2,1H3. The molecule has 0 saturated carbocycles. The van der Waals surface area contributed by atoms with Crippen LogP contribution in [0.3, 0.4) is 0 Å². The average molecular weight is 360 g/mol. The van der Waals surface area contributed by atoms with Crippen molar-refractivity contribution in [3.63, 3.8) is 0 Å². The third kappa shape index (κ3) is 3.32. The number of carbonyl (C=O) groups excluding carboxylic acids is 2. The zero-order chi connectivity index (χ0) is 17.1. The zero-order valence-corrected chi connectivity index (χ0v) is 14.5. The van der Waals surface area contributed by atoms with Crippen LogP contribution in [0, 0.1) is 0 Å². The van der Waals surface area contributed by atoms with Crippen molar-refractivity contribution < 1.29 is 14.3 Å².